The average Bonchev–Trinajstić information content (AvgIpc) is 2.58. The van der Waals surface area contributed by atoms with Crippen molar-refractivity contribution in [3.8, 4) is 0 Å². The highest BCUT2D eigenvalue weighted by Crippen LogP contribution is 2.31. The van der Waals surface area contributed by atoms with Crippen molar-refractivity contribution < 1.29 is 9.90 Å². The molecule has 3 rings (SSSR count). The number of hydrogen-bond donors (Lipinski definition) is 1. The van der Waals surface area contributed by atoms with E-state index >= 15 is 0 Å². The van der Waals surface area contributed by atoms with Crippen molar-refractivity contribution in [2.45, 2.75) is 25.8 Å². The van der Waals surface area contributed by atoms with Crippen LogP contribution >= 0.6 is 0 Å². The molecule has 1 aliphatic heterocycles. The number of pyridine rings is 2. The minimum Gasteiger partial charge on any atom is -0.481 e. The Morgan fingerprint density at radius 1 is 1.35 bits per heavy atom. The monoisotopic (exact) mass is 311 g/mol. The molecule has 23 heavy (non-hydrogen) atoms. The first-order valence-corrected chi connectivity index (χ1v) is 7.94. The molecule has 1 saturated heterocycles. The van der Waals surface area contributed by atoms with E-state index in [0.29, 0.717) is 6.54 Å². The van der Waals surface area contributed by atoms with Crippen LogP contribution in [0.5, 0.6) is 0 Å². The Balaban J connectivity index is 1.95. The van der Waals surface area contributed by atoms with Crippen LogP contribution in [-0.2, 0) is 4.79 Å². The number of piperidine rings is 1. The lowest BCUT2D eigenvalue weighted by Crippen LogP contribution is -2.41. The fraction of sp³-hybridized carbons (Fsp3) is 0.389. The third-order valence-corrected chi connectivity index (χ3v) is 4.38. The van der Waals surface area contributed by atoms with Gasteiger partial charge in [0.15, 0.2) is 0 Å². The van der Waals surface area contributed by atoms with Gasteiger partial charge in [-0.1, -0.05) is 12.1 Å². The number of aliphatic carboxylic acids is 1. The first kappa shape index (κ1) is 15.6. The second kappa shape index (κ2) is 6.87. The van der Waals surface area contributed by atoms with E-state index in [1.807, 2.05) is 43.6 Å². The molecule has 5 heteroatoms. The van der Waals surface area contributed by atoms with Gasteiger partial charge in [0.1, 0.15) is 0 Å². The molecule has 120 valence electrons. The number of aryl methyl sites for hydroxylation is 1. The van der Waals surface area contributed by atoms with Gasteiger partial charge in [-0.25, -0.2) is 0 Å². The molecule has 0 spiro atoms. The van der Waals surface area contributed by atoms with Crippen molar-refractivity contribution in [2.75, 3.05) is 13.1 Å². The number of carboxylic acids is 1. The summed E-state index contributed by atoms with van der Waals surface area (Å²) in [5.74, 6) is -1.02. The van der Waals surface area contributed by atoms with Crippen LogP contribution in [0.2, 0.25) is 0 Å². The molecule has 2 unspecified atom stereocenters. The van der Waals surface area contributed by atoms with Gasteiger partial charge in [-0.15, -0.1) is 0 Å². The van der Waals surface area contributed by atoms with Crippen molar-refractivity contribution in [2.24, 2.45) is 5.92 Å². The molecule has 0 amide bonds. The third kappa shape index (κ3) is 3.56. The summed E-state index contributed by atoms with van der Waals surface area (Å²) in [5, 5.41) is 9.36. The summed E-state index contributed by atoms with van der Waals surface area (Å²) >= 11 is 0. The largest absolute Gasteiger partial charge is 0.481 e. The topological polar surface area (TPSA) is 66.3 Å². The van der Waals surface area contributed by atoms with Gasteiger partial charge in [0.25, 0.3) is 0 Å². The van der Waals surface area contributed by atoms with Crippen LogP contribution < -0.4 is 0 Å². The summed E-state index contributed by atoms with van der Waals surface area (Å²) in [4.78, 5) is 22.4. The van der Waals surface area contributed by atoms with E-state index in [1.165, 1.54) is 0 Å². The number of likely N-dealkylation sites (tertiary alicyclic amines) is 1. The maximum Gasteiger partial charge on any atom is 0.307 e. The average molecular weight is 311 g/mol. The zero-order valence-electron chi connectivity index (χ0n) is 13.2. The number of nitrogens with zero attached hydrogens (tertiary/aromatic N) is 3. The molecule has 0 aromatic carbocycles. The van der Waals surface area contributed by atoms with E-state index in [2.05, 4.69) is 14.9 Å². The highest BCUT2D eigenvalue weighted by Gasteiger charge is 2.31. The molecule has 2 aromatic rings. The Morgan fingerprint density at radius 2 is 2.22 bits per heavy atom. The zero-order chi connectivity index (χ0) is 16.2. The van der Waals surface area contributed by atoms with Gasteiger partial charge in [-0.3, -0.25) is 19.7 Å². The number of aromatic nitrogens is 2. The molecule has 1 N–H and O–H groups in total. The Hall–Kier alpha value is -2.27. The molecule has 1 aliphatic rings. The summed E-state index contributed by atoms with van der Waals surface area (Å²) in [6, 6.07) is 7.96. The summed E-state index contributed by atoms with van der Waals surface area (Å²) in [6.45, 7) is 3.43. The Kier molecular flexibility index (Phi) is 4.67. The predicted molar refractivity (Wildman–Crippen MR) is 87.0 cm³/mol. The summed E-state index contributed by atoms with van der Waals surface area (Å²) in [6.07, 6.45) is 7.08. The maximum absolute atomic E-state index is 11.4. The van der Waals surface area contributed by atoms with Gasteiger partial charge in [0.05, 0.1) is 17.7 Å². The van der Waals surface area contributed by atoms with Gasteiger partial charge in [0.2, 0.25) is 0 Å². The first-order chi connectivity index (χ1) is 11.1. The SMILES string of the molecule is Cc1ccc(C(c2cccnc2)N2CCCC(C(=O)O)C2)nc1. The van der Waals surface area contributed by atoms with Gasteiger partial charge in [0, 0.05) is 25.1 Å². The van der Waals surface area contributed by atoms with Crippen LogP contribution in [0.4, 0.5) is 0 Å². The maximum atomic E-state index is 11.4. The third-order valence-electron chi connectivity index (χ3n) is 4.38. The highest BCUT2D eigenvalue weighted by molar-refractivity contribution is 5.70. The second-order valence-corrected chi connectivity index (χ2v) is 6.12. The van der Waals surface area contributed by atoms with Crippen molar-refractivity contribution in [1.29, 1.82) is 0 Å². The summed E-state index contributed by atoms with van der Waals surface area (Å²) in [7, 11) is 0. The lowest BCUT2D eigenvalue weighted by Gasteiger charge is -2.36. The molecule has 0 bridgehead atoms. The molecule has 0 saturated carbocycles. The van der Waals surface area contributed by atoms with Gasteiger partial charge < -0.3 is 5.11 Å². The quantitative estimate of drug-likeness (QED) is 0.940. The summed E-state index contributed by atoms with van der Waals surface area (Å²) < 4.78 is 0. The van der Waals surface area contributed by atoms with Crippen LogP contribution in [0.25, 0.3) is 0 Å². The molecule has 1 fully saturated rings. The van der Waals surface area contributed by atoms with Crippen molar-refractivity contribution in [3.63, 3.8) is 0 Å². The lowest BCUT2D eigenvalue weighted by molar-refractivity contribution is -0.143. The molecule has 5 nitrogen and oxygen atoms in total. The standard InChI is InChI=1S/C18H21N3O2/c1-13-6-7-16(20-10-13)17(14-4-2-8-19-11-14)21-9-3-5-15(12-21)18(22)23/h2,4,6-8,10-11,15,17H,3,5,9,12H2,1H3,(H,22,23). The van der Waals surface area contributed by atoms with E-state index in [0.717, 1.165) is 36.2 Å². The van der Waals surface area contributed by atoms with Crippen LogP contribution in [0, 0.1) is 12.8 Å². The van der Waals surface area contributed by atoms with Crippen molar-refractivity contribution in [1.82, 2.24) is 14.9 Å². The lowest BCUT2D eigenvalue weighted by atomic mass is 9.94. The number of carbonyl (C=O) groups is 1. The predicted octanol–water partition coefficient (Wildman–Crippen LogP) is 2.67. The van der Waals surface area contributed by atoms with Crippen LogP contribution in [0.15, 0.2) is 42.9 Å². The smallest absolute Gasteiger partial charge is 0.307 e. The van der Waals surface area contributed by atoms with Crippen LogP contribution in [-0.4, -0.2) is 39.0 Å². The summed E-state index contributed by atoms with van der Waals surface area (Å²) in [5.41, 5.74) is 3.10. The van der Waals surface area contributed by atoms with Gasteiger partial charge >= 0.3 is 5.97 Å². The van der Waals surface area contributed by atoms with Gasteiger partial charge in [-0.2, -0.15) is 0 Å². The van der Waals surface area contributed by atoms with Crippen LogP contribution in [0.3, 0.4) is 0 Å². The molecular weight excluding hydrogens is 290 g/mol. The van der Waals surface area contributed by atoms with E-state index in [4.69, 9.17) is 0 Å². The number of rotatable bonds is 4. The number of hydrogen-bond acceptors (Lipinski definition) is 4. The van der Waals surface area contributed by atoms with E-state index in [9.17, 15) is 9.90 Å². The van der Waals surface area contributed by atoms with Crippen LogP contribution in [0.1, 0.15) is 35.7 Å². The molecule has 2 atom stereocenters. The zero-order valence-corrected chi connectivity index (χ0v) is 13.2. The molecule has 2 aromatic heterocycles. The minimum absolute atomic E-state index is 0.0496. The number of carboxylic acid groups (broad SMARTS) is 1. The first-order valence-electron chi connectivity index (χ1n) is 7.94. The van der Waals surface area contributed by atoms with Crippen molar-refractivity contribution >= 4 is 5.97 Å². The van der Waals surface area contributed by atoms with E-state index in [-0.39, 0.29) is 12.0 Å². The highest BCUT2D eigenvalue weighted by atomic mass is 16.4. The molecule has 3 heterocycles. The Labute approximate surface area is 136 Å². The molecule has 0 aliphatic carbocycles. The van der Waals surface area contributed by atoms with Crippen molar-refractivity contribution in [3.05, 3.63) is 59.7 Å². The molecular formula is C18H21N3O2. The van der Waals surface area contributed by atoms with E-state index in [1.54, 1.807) is 6.20 Å². The fourth-order valence-corrected chi connectivity index (χ4v) is 3.19. The van der Waals surface area contributed by atoms with E-state index < -0.39 is 5.97 Å². The van der Waals surface area contributed by atoms with Gasteiger partial charge in [-0.05, 0) is 49.6 Å². The molecule has 0 radical (unpaired) electrons. The Bertz CT molecular complexity index is 658. The fourth-order valence-electron chi connectivity index (χ4n) is 3.19. The normalized spacial score (nSPS) is 20.1. The minimum atomic E-state index is -0.712. The Morgan fingerprint density at radius 3 is 2.87 bits per heavy atom. The second-order valence-electron chi connectivity index (χ2n) is 6.12.